The van der Waals surface area contributed by atoms with E-state index in [1.165, 1.54) is 25.3 Å². The van der Waals surface area contributed by atoms with E-state index in [0.29, 0.717) is 22.6 Å². The molecule has 0 bridgehead atoms. The lowest BCUT2D eigenvalue weighted by molar-refractivity contribution is -0.385. The van der Waals surface area contributed by atoms with E-state index in [2.05, 4.69) is 0 Å². The highest BCUT2D eigenvalue weighted by molar-refractivity contribution is 8.18. The Hall–Kier alpha value is -3.33. The summed E-state index contributed by atoms with van der Waals surface area (Å²) in [6, 6.07) is 11.3. The number of nitrogens with zero attached hydrogens (tertiary/aromatic N) is 2. The minimum Gasteiger partial charge on any atom is -0.493 e. The van der Waals surface area contributed by atoms with Crippen LogP contribution in [0.5, 0.6) is 11.5 Å². The fraction of sp³-hybridized carbons (Fsp3) is 0.273. The fourth-order valence-electron chi connectivity index (χ4n) is 2.95. The number of rotatable bonds is 8. The molecule has 31 heavy (non-hydrogen) atoms. The molecule has 2 aromatic carbocycles. The van der Waals surface area contributed by atoms with Gasteiger partial charge in [-0.2, -0.15) is 0 Å². The van der Waals surface area contributed by atoms with Crippen LogP contribution in [0.3, 0.4) is 0 Å². The summed E-state index contributed by atoms with van der Waals surface area (Å²) in [6.07, 6.45) is 2.47. The molecule has 0 saturated carbocycles. The average Bonchev–Trinajstić information content (AvgIpc) is 3.02. The number of methoxy groups -OCH3 is 1. The van der Waals surface area contributed by atoms with Gasteiger partial charge in [0, 0.05) is 11.6 Å². The number of nitro benzene ring substituents is 1. The second kappa shape index (κ2) is 9.65. The second-order valence-corrected chi connectivity index (χ2v) is 7.89. The van der Waals surface area contributed by atoms with Crippen molar-refractivity contribution in [1.29, 1.82) is 0 Å². The maximum Gasteiger partial charge on any atom is 0.293 e. The Bertz CT molecular complexity index is 1050. The first-order valence-electron chi connectivity index (χ1n) is 9.66. The summed E-state index contributed by atoms with van der Waals surface area (Å²) in [5.41, 5.74) is 0.834. The molecule has 162 valence electrons. The minimum absolute atomic E-state index is 0.0262. The first kappa shape index (κ1) is 22.4. The number of hydrogen-bond donors (Lipinski definition) is 0. The maximum atomic E-state index is 12.8. The maximum absolute atomic E-state index is 12.8. The van der Waals surface area contributed by atoms with Gasteiger partial charge in [-0.1, -0.05) is 31.2 Å². The van der Waals surface area contributed by atoms with E-state index in [1.807, 2.05) is 13.8 Å². The summed E-state index contributed by atoms with van der Waals surface area (Å²) in [4.78, 5) is 37.2. The fourth-order valence-corrected chi connectivity index (χ4v) is 3.79. The summed E-state index contributed by atoms with van der Waals surface area (Å²) in [5.74, 6) is 0.624. The average molecular weight is 442 g/mol. The number of carbonyl (C=O) groups excluding carboxylic acids is 2. The molecule has 0 aromatic heterocycles. The summed E-state index contributed by atoms with van der Waals surface area (Å²) in [5, 5.41) is 10.7. The number of imide groups is 1. The summed E-state index contributed by atoms with van der Waals surface area (Å²) >= 11 is 0.799. The highest BCUT2D eigenvalue weighted by Gasteiger charge is 2.36. The van der Waals surface area contributed by atoms with E-state index in [1.54, 1.807) is 30.3 Å². The quantitative estimate of drug-likeness (QED) is 0.322. The lowest BCUT2D eigenvalue weighted by atomic mass is 10.1. The number of para-hydroxylation sites is 1. The minimum atomic E-state index is -0.528. The molecule has 0 unspecified atom stereocenters. The number of ether oxygens (including phenoxy) is 2. The summed E-state index contributed by atoms with van der Waals surface area (Å²) < 4.78 is 11.2. The van der Waals surface area contributed by atoms with Crippen LogP contribution < -0.4 is 9.47 Å². The van der Waals surface area contributed by atoms with E-state index in [9.17, 15) is 19.7 Å². The smallest absolute Gasteiger partial charge is 0.293 e. The number of hydrogen-bond acceptors (Lipinski definition) is 7. The summed E-state index contributed by atoms with van der Waals surface area (Å²) in [7, 11) is 1.53. The molecule has 0 spiro atoms. The van der Waals surface area contributed by atoms with Gasteiger partial charge in [0.2, 0.25) is 0 Å². The Morgan fingerprint density at radius 2 is 1.94 bits per heavy atom. The van der Waals surface area contributed by atoms with E-state index in [-0.39, 0.29) is 23.2 Å². The van der Waals surface area contributed by atoms with Gasteiger partial charge >= 0.3 is 0 Å². The van der Waals surface area contributed by atoms with E-state index < -0.39 is 16.1 Å². The van der Waals surface area contributed by atoms with Crippen LogP contribution in [-0.2, 0) is 11.3 Å². The van der Waals surface area contributed by atoms with Gasteiger partial charge in [-0.05, 0) is 48.9 Å². The van der Waals surface area contributed by atoms with Gasteiger partial charge in [-0.25, -0.2) is 0 Å². The van der Waals surface area contributed by atoms with Crippen LogP contribution in [0.1, 0.15) is 31.4 Å². The molecule has 0 N–H and O–H groups in total. The van der Waals surface area contributed by atoms with Crippen LogP contribution in [0.25, 0.3) is 6.08 Å². The van der Waals surface area contributed by atoms with Crippen molar-refractivity contribution in [1.82, 2.24) is 4.90 Å². The third-order valence-corrected chi connectivity index (χ3v) is 5.69. The Labute approximate surface area is 184 Å². The van der Waals surface area contributed by atoms with Crippen molar-refractivity contribution in [2.75, 3.05) is 7.11 Å². The molecule has 8 nitrogen and oxygen atoms in total. The lowest BCUT2D eigenvalue weighted by Gasteiger charge is -2.15. The highest BCUT2D eigenvalue weighted by Crippen LogP contribution is 2.36. The van der Waals surface area contributed by atoms with E-state index >= 15 is 0 Å². The van der Waals surface area contributed by atoms with Crippen LogP contribution in [0, 0.1) is 10.1 Å². The van der Waals surface area contributed by atoms with Crippen molar-refractivity contribution >= 4 is 34.7 Å². The normalized spacial score (nSPS) is 16.0. The van der Waals surface area contributed by atoms with Gasteiger partial charge in [0.05, 0.1) is 29.6 Å². The Kier molecular flexibility index (Phi) is 6.96. The molecule has 1 atom stereocenters. The SMILES string of the molecule is CC[C@H](C)Oc1ccc(/C=C2\SC(=O)N(Cc3ccccc3[N+](=O)[O-])C2=O)cc1OC. The molecule has 2 amide bonds. The number of carbonyl (C=O) groups is 2. The van der Waals surface area contributed by atoms with Gasteiger partial charge in [-0.3, -0.25) is 24.6 Å². The topological polar surface area (TPSA) is 99.0 Å². The van der Waals surface area contributed by atoms with Crippen LogP contribution in [0.4, 0.5) is 10.5 Å². The zero-order chi connectivity index (χ0) is 22.5. The first-order valence-corrected chi connectivity index (χ1v) is 10.5. The van der Waals surface area contributed by atoms with Crippen molar-refractivity contribution in [3.05, 3.63) is 68.6 Å². The van der Waals surface area contributed by atoms with Gasteiger partial charge in [0.1, 0.15) is 0 Å². The van der Waals surface area contributed by atoms with Crippen LogP contribution in [-0.4, -0.2) is 34.2 Å². The summed E-state index contributed by atoms with van der Waals surface area (Å²) in [6.45, 7) is 3.82. The molecular weight excluding hydrogens is 420 g/mol. The standard InChI is InChI=1S/C22H22N2O6S/c1-4-14(2)30-18-10-9-15(11-19(18)29-3)12-20-21(25)23(22(26)31-20)13-16-7-5-6-8-17(16)24(27)28/h5-12,14H,4,13H2,1-3H3/b20-12-/t14-/m0/s1. The van der Waals surface area contributed by atoms with E-state index in [4.69, 9.17) is 9.47 Å². The molecule has 9 heteroatoms. The van der Waals surface area contributed by atoms with Crippen LogP contribution >= 0.6 is 11.8 Å². The number of amides is 2. The third kappa shape index (κ3) is 5.05. The van der Waals surface area contributed by atoms with Crippen molar-refractivity contribution in [3.63, 3.8) is 0 Å². The molecular formula is C22H22N2O6S. The zero-order valence-corrected chi connectivity index (χ0v) is 18.2. The Morgan fingerprint density at radius 3 is 2.61 bits per heavy atom. The molecule has 1 aliphatic heterocycles. The molecule has 1 heterocycles. The van der Waals surface area contributed by atoms with Crippen molar-refractivity contribution < 1.29 is 24.0 Å². The van der Waals surface area contributed by atoms with Gasteiger partial charge in [0.15, 0.2) is 11.5 Å². The highest BCUT2D eigenvalue weighted by atomic mass is 32.2. The molecule has 2 aromatic rings. The van der Waals surface area contributed by atoms with E-state index in [0.717, 1.165) is 23.1 Å². The van der Waals surface area contributed by atoms with Crippen molar-refractivity contribution in [2.24, 2.45) is 0 Å². The van der Waals surface area contributed by atoms with Gasteiger partial charge in [-0.15, -0.1) is 0 Å². The Balaban J connectivity index is 1.83. The van der Waals surface area contributed by atoms with Gasteiger partial charge < -0.3 is 9.47 Å². The first-order chi connectivity index (χ1) is 14.8. The van der Waals surface area contributed by atoms with Crippen LogP contribution in [0.15, 0.2) is 47.4 Å². The molecule has 1 saturated heterocycles. The second-order valence-electron chi connectivity index (χ2n) is 6.90. The van der Waals surface area contributed by atoms with Crippen molar-refractivity contribution in [2.45, 2.75) is 32.9 Å². The monoisotopic (exact) mass is 442 g/mol. The van der Waals surface area contributed by atoms with Crippen molar-refractivity contribution in [3.8, 4) is 11.5 Å². The number of thioether (sulfide) groups is 1. The van der Waals surface area contributed by atoms with Crippen LogP contribution in [0.2, 0.25) is 0 Å². The Morgan fingerprint density at radius 1 is 1.19 bits per heavy atom. The molecule has 0 radical (unpaired) electrons. The molecule has 1 aliphatic rings. The predicted octanol–water partition coefficient (Wildman–Crippen LogP) is 5.02. The predicted molar refractivity (Wildman–Crippen MR) is 118 cm³/mol. The third-order valence-electron chi connectivity index (χ3n) is 4.78. The lowest BCUT2D eigenvalue weighted by Crippen LogP contribution is -2.27. The number of benzene rings is 2. The molecule has 0 aliphatic carbocycles. The van der Waals surface area contributed by atoms with Gasteiger partial charge in [0.25, 0.3) is 16.8 Å². The molecule has 3 rings (SSSR count). The zero-order valence-electron chi connectivity index (χ0n) is 17.4. The molecule has 1 fully saturated rings. The largest absolute Gasteiger partial charge is 0.493 e. The number of nitro groups is 1.